The van der Waals surface area contributed by atoms with Gasteiger partial charge >= 0.3 is 0 Å². The summed E-state index contributed by atoms with van der Waals surface area (Å²) in [5, 5.41) is 0. The van der Waals surface area contributed by atoms with Crippen LogP contribution >= 0.6 is 14.3 Å². The zero-order chi connectivity index (χ0) is 19.7. The van der Waals surface area contributed by atoms with Crippen molar-refractivity contribution >= 4 is 14.3 Å². The van der Waals surface area contributed by atoms with Crippen molar-refractivity contribution in [1.29, 1.82) is 0 Å². The Morgan fingerprint density at radius 2 is 0.893 bits per heavy atom. The molecule has 3 rings (SSSR count). The predicted octanol–water partition coefficient (Wildman–Crippen LogP) is 5.16. The van der Waals surface area contributed by atoms with Gasteiger partial charge in [-0.15, -0.1) is 0 Å². The van der Waals surface area contributed by atoms with Crippen molar-refractivity contribution in [2.45, 2.75) is 12.3 Å². The maximum Gasteiger partial charge on any atom is 0.0964 e. The Hall–Kier alpha value is -1.18. The van der Waals surface area contributed by atoms with E-state index in [4.69, 9.17) is 9.47 Å². The van der Waals surface area contributed by atoms with Crippen LogP contribution in [-0.4, -0.2) is 51.1 Å². The van der Waals surface area contributed by atoms with Crippen molar-refractivity contribution in [2.75, 3.05) is 51.1 Å². The topological polar surface area (TPSA) is 52.6 Å². The fourth-order valence-electron chi connectivity index (χ4n) is 3.50. The van der Waals surface area contributed by atoms with Crippen molar-refractivity contribution in [1.82, 2.24) is 0 Å². The molecule has 28 heavy (non-hydrogen) atoms. The van der Waals surface area contributed by atoms with Gasteiger partial charge in [0.05, 0.1) is 40.7 Å². The Balaban J connectivity index is 1.58. The van der Waals surface area contributed by atoms with Crippen LogP contribution in [0, 0.1) is 0 Å². The normalized spacial score (nSPS) is 27.4. The molecule has 1 heterocycles. The summed E-state index contributed by atoms with van der Waals surface area (Å²) in [7, 11) is -4.79. The van der Waals surface area contributed by atoms with Gasteiger partial charge in [-0.3, -0.25) is 0 Å². The molecule has 0 saturated carbocycles. The van der Waals surface area contributed by atoms with E-state index >= 15 is 0 Å². The third kappa shape index (κ3) is 7.01. The van der Waals surface area contributed by atoms with E-state index in [9.17, 15) is 9.13 Å². The zero-order valence-corrected chi connectivity index (χ0v) is 18.2. The van der Waals surface area contributed by atoms with Gasteiger partial charge in [-0.2, -0.15) is 0 Å². The Morgan fingerprint density at radius 1 is 0.571 bits per heavy atom. The second-order valence-electron chi connectivity index (χ2n) is 7.52. The van der Waals surface area contributed by atoms with Crippen molar-refractivity contribution in [2.24, 2.45) is 0 Å². The summed E-state index contributed by atoms with van der Waals surface area (Å²) in [4.78, 5) is 0. The minimum Gasteiger partial charge on any atom is -0.380 e. The molecule has 0 bridgehead atoms. The smallest absolute Gasteiger partial charge is 0.0964 e. The molecule has 1 saturated heterocycles. The summed E-state index contributed by atoms with van der Waals surface area (Å²) in [6, 6.07) is 20.0. The van der Waals surface area contributed by atoms with Gasteiger partial charge in [0, 0.05) is 37.0 Å². The Morgan fingerprint density at radius 3 is 1.21 bits per heavy atom. The summed E-state index contributed by atoms with van der Waals surface area (Å²) < 4.78 is 38.4. The molecular formula is C22H30O4P2. The van der Waals surface area contributed by atoms with E-state index < -0.39 is 14.3 Å². The number of ether oxygens (including phenoxy) is 2. The van der Waals surface area contributed by atoms with Crippen LogP contribution in [0.4, 0.5) is 0 Å². The molecule has 0 unspecified atom stereocenters. The molecule has 152 valence electrons. The highest BCUT2D eigenvalue weighted by Crippen LogP contribution is 2.50. The zero-order valence-electron chi connectivity index (χ0n) is 16.4. The Bertz CT molecular complexity index is 718. The third-order valence-electron chi connectivity index (χ3n) is 5.20. The van der Waals surface area contributed by atoms with Crippen LogP contribution < -0.4 is 0 Å². The Kier molecular flexibility index (Phi) is 8.11. The number of benzene rings is 2. The third-order valence-corrected chi connectivity index (χ3v) is 11.1. The molecule has 0 spiro atoms. The molecule has 2 aromatic rings. The van der Waals surface area contributed by atoms with Gasteiger partial charge in [0.1, 0.15) is 0 Å². The van der Waals surface area contributed by atoms with Crippen LogP contribution in [0.25, 0.3) is 0 Å². The first-order chi connectivity index (χ1) is 13.6. The molecule has 0 amide bonds. The molecule has 1 fully saturated rings. The lowest BCUT2D eigenvalue weighted by Gasteiger charge is -2.22. The van der Waals surface area contributed by atoms with Crippen molar-refractivity contribution in [3.05, 3.63) is 71.8 Å². The summed E-state index contributed by atoms with van der Waals surface area (Å²) in [6.07, 6.45) is 3.38. The van der Waals surface area contributed by atoms with E-state index in [1.807, 2.05) is 60.7 Å². The second-order valence-corrected chi connectivity index (χ2v) is 14.2. The SMILES string of the molecule is O=P1(Cc2ccccc2)CCOCCP(=O)(Cc2ccccc2)CCOCC1. The molecule has 2 aromatic carbocycles. The molecule has 0 aromatic heterocycles. The molecule has 0 aliphatic carbocycles. The van der Waals surface area contributed by atoms with E-state index in [-0.39, 0.29) is 0 Å². The first kappa shape index (κ1) is 21.5. The fraction of sp³-hybridized carbons (Fsp3) is 0.455. The van der Waals surface area contributed by atoms with E-state index in [1.165, 1.54) is 0 Å². The molecule has 0 radical (unpaired) electrons. The van der Waals surface area contributed by atoms with Gasteiger partial charge in [0.15, 0.2) is 0 Å². The molecule has 1 aliphatic heterocycles. The largest absolute Gasteiger partial charge is 0.380 e. The minimum atomic E-state index is -2.39. The van der Waals surface area contributed by atoms with Crippen LogP contribution in [0.1, 0.15) is 11.1 Å². The monoisotopic (exact) mass is 420 g/mol. The number of hydrogen-bond donors (Lipinski definition) is 0. The van der Waals surface area contributed by atoms with Crippen molar-refractivity contribution in [3.8, 4) is 0 Å². The first-order valence-corrected chi connectivity index (χ1v) is 14.5. The average molecular weight is 420 g/mol. The van der Waals surface area contributed by atoms with Crippen LogP contribution in [0.3, 0.4) is 0 Å². The van der Waals surface area contributed by atoms with Gasteiger partial charge in [-0.25, -0.2) is 0 Å². The summed E-state index contributed by atoms with van der Waals surface area (Å²) in [5.41, 5.74) is 2.20. The first-order valence-electron chi connectivity index (χ1n) is 9.95. The standard InChI is InChI=1S/C22H30O4P2/c23-27(19-21-7-3-1-4-8-21)15-11-25-13-17-28(24,18-14-26-12-16-27)20-22-9-5-2-6-10-22/h1-10H,11-20H2. The molecule has 4 nitrogen and oxygen atoms in total. The van der Waals surface area contributed by atoms with Crippen molar-refractivity contribution < 1.29 is 18.6 Å². The maximum absolute atomic E-state index is 13.4. The average Bonchev–Trinajstić information content (AvgIpc) is 2.68. The van der Waals surface area contributed by atoms with Gasteiger partial charge < -0.3 is 18.6 Å². The maximum atomic E-state index is 13.4. The highest BCUT2D eigenvalue weighted by Gasteiger charge is 2.26. The van der Waals surface area contributed by atoms with Gasteiger partial charge in [0.2, 0.25) is 0 Å². The van der Waals surface area contributed by atoms with Gasteiger partial charge in [-0.05, 0) is 11.1 Å². The van der Waals surface area contributed by atoms with Gasteiger partial charge in [0.25, 0.3) is 0 Å². The molecule has 0 atom stereocenters. The molecular weight excluding hydrogens is 390 g/mol. The highest BCUT2D eigenvalue weighted by molar-refractivity contribution is 7.63. The van der Waals surface area contributed by atoms with E-state index in [0.717, 1.165) is 11.1 Å². The summed E-state index contributed by atoms with van der Waals surface area (Å²) in [5.74, 6) is 0. The molecule has 6 heteroatoms. The lowest BCUT2D eigenvalue weighted by molar-refractivity contribution is 0.155. The van der Waals surface area contributed by atoms with Crippen LogP contribution in [0.2, 0.25) is 0 Å². The number of rotatable bonds is 4. The minimum absolute atomic E-state index is 0.454. The van der Waals surface area contributed by atoms with Crippen LogP contribution in [0.15, 0.2) is 60.7 Å². The van der Waals surface area contributed by atoms with Crippen LogP contribution in [0.5, 0.6) is 0 Å². The second kappa shape index (κ2) is 10.6. The van der Waals surface area contributed by atoms with E-state index in [0.29, 0.717) is 63.4 Å². The summed E-state index contributed by atoms with van der Waals surface area (Å²) in [6.45, 7) is 1.82. The van der Waals surface area contributed by atoms with Crippen molar-refractivity contribution in [3.63, 3.8) is 0 Å². The lowest BCUT2D eigenvalue weighted by atomic mass is 10.2. The predicted molar refractivity (Wildman–Crippen MR) is 117 cm³/mol. The fourth-order valence-corrected chi connectivity index (χ4v) is 8.18. The number of hydrogen-bond acceptors (Lipinski definition) is 4. The van der Waals surface area contributed by atoms with E-state index in [2.05, 4.69) is 0 Å². The van der Waals surface area contributed by atoms with E-state index in [1.54, 1.807) is 0 Å². The molecule has 1 aliphatic rings. The highest BCUT2D eigenvalue weighted by atomic mass is 31.2. The Labute approximate surface area is 168 Å². The van der Waals surface area contributed by atoms with Gasteiger partial charge in [-0.1, -0.05) is 60.7 Å². The quantitative estimate of drug-likeness (QED) is 0.641. The molecule has 0 N–H and O–H groups in total. The summed E-state index contributed by atoms with van der Waals surface area (Å²) >= 11 is 0. The van der Waals surface area contributed by atoms with Crippen LogP contribution in [-0.2, 0) is 30.9 Å². The lowest BCUT2D eigenvalue weighted by Crippen LogP contribution is -2.16.